The van der Waals surface area contributed by atoms with Gasteiger partial charge in [0.2, 0.25) is 0 Å². The molecule has 0 amide bonds. The number of hydrogen-bond donors (Lipinski definition) is 0. The van der Waals surface area contributed by atoms with Gasteiger partial charge in [-0.2, -0.15) is 0 Å². The Hall–Kier alpha value is -1.26. The molecule has 0 saturated heterocycles. The molecule has 0 aliphatic heterocycles. The Morgan fingerprint density at radius 3 is 2.71 bits per heavy atom. The fraction of sp³-hybridized carbons (Fsp3) is 0.417. The molecule has 2 aromatic rings. The highest BCUT2D eigenvalue weighted by Crippen LogP contribution is 2.18. The molecule has 92 valence electrons. The second-order valence-electron chi connectivity index (χ2n) is 3.85. The van der Waals surface area contributed by atoms with Crippen LogP contribution < -0.4 is 5.76 Å². The van der Waals surface area contributed by atoms with Crippen LogP contribution in [0.5, 0.6) is 0 Å². The van der Waals surface area contributed by atoms with Crippen LogP contribution in [-0.2, 0) is 6.67 Å². The molecular weight excluding hydrogens is 240 g/mol. The van der Waals surface area contributed by atoms with E-state index in [9.17, 15) is 4.79 Å². The van der Waals surface area contributed by atoms with Gasteiger partial charge in [0, 0.05) is 11.1 Å². The monoisotopic (exact) mass is 254 g/mol. The highest BCUT2D eigenvalue weighted by Gasteiger charge is 2.11. The molecule has 0 fully saturated rings. The standard InChI is InChI=1S/C12H15ClN2O2/c1-3-14(4-2)8-15-10-6-5-9(13)7-11(10)17-12(15)16/h5-7H,3-4,8H2,1-2H3. The Bertz CT molecular complexity index is 569. The maximum atomic E-state index is 11.7. The number of benzene rings is 1. The van der Waals surface area contributed by atoms with Gasteiger partial charge in [-0.3, -0.25) is 9.47 Å². The number of fused-ring (bicyclic) bond motifs is 1. The summed E-state index contributed by atoms with van der Waals surface area (Å²) in [5.41, 5.74) is 1.32. The van der Waals surface area contributed by atoms with E-state index in [0.717, 1.165) is 18.6 Å². The first kappa shape index (κ1) is 12.2. The lowest BCUT2D eigenvalue weighted by Crippen LogP contribution is -2.30. The molecule has 0 bridgehead atoms. The molecule has 1 aromatic heterocycles. The molecule has 0 atom stereocenters. The normalized spacial score (nSPS) is 11.5. The molecule has 0 radical (unpaired) electrons. The SMILES string of the molecule is CCN(CC)Cn1c(=O)oc2cc(Cl)ccc21. The van der Waals surface area contributed by atoms with E-state index >= 15 is 0 Å². The highest BCUT2D eigenvalue weighted by atomic mass is 35.5. The summed E-state index contributed by atoms with van der Waals surface area (Å²) in [7, 11) is 0. The van der Waals surface area contributed by atoms with Gasteiger partial charge in [-0.05, 0) is 25.2 Å². The van der Waals surface area contributed by atoms with Crippen LogP contribution in [0.2, 0.25) is 5.02 Å². The van der Waals surface area contributed by atoms with Crippen molar-refractivity contribution in [3.63, 3.8) is 0 Å². The molecule has 4 nitrogen and oxygen atoms in total. The van der Waals surface area contributed by atoms with E-state index in [4.69, 9.17) is 16.0 Å². The van der Waals surface area contributed by atoms with E-state index in [2.05, 4.69) is 18.7 Å². The maximum Gasteiger partial charge on any atom is 0.421 e. The summed E-state index contributed by atoms with van der Waals surface area (Å²) in [5, 5.41) is 0.571. The predicted molar refractivity (Wildman–Crippen MR) is 68.4 cm³/mol. The van der Waals surface area contributed by atoms with Gasteiger partial charge in [0.05, 0.1) is 12.2 Å². The number of hydrogen-bond acceptors (Lipinski definition) is 3. The second-order valence-corrected chi connectivity index (χ2v) is 4.29. The molecule has 0 N–H and O–H groups in total. The van der Waals surface area contributed by atoms with Gasteiger partial charge in [0.1, 0.15) is 0 Å². The van der Waals surface area contributed by atoms with Crippen LogP contribution in [0.4, 0.5) is 0 Å². The van der Waals surface area contributed by atoms with Crippen LogP contribution in [0.3, 0.4) is 0 Å². The van der Waals surface area contributed by atoms with Crippen LogP contribution in [-0.4, -0.2) is 22.6 Å². The Morgan fingerprint density at radius 1 is 1.35 bits per heavy atom. The van der Waals surface area contributed by atoms with Crippen LogP contribution in [0.25, 0.3) is 11.1 Å². The maximum absolute atomic E-state index is 11.7. The summed E-state index contributed by atoms with van der Waals surface area (Å²) in [6.45, 7) is 6.45. The Kier molecular flexibility index (Phi) is 3.54. The van der Waals surface area contributed by atoms with E-state index in [1.807, 2.05) is 6.07 Å². The minimum Gasteiger partial charge on any atom is -0.408 e. The Morgan fingerprint density at radius 2 is 2.06 bits per heavy atom. The van der Waals surface area contributed by atoms with Crippen molar-refractivity contribution in [1.29, 1.82) is 0 Å². The van der Waals surface area contributed by atoms with Crippen molar-refractivity contribution in [2.24, 2.45) is 0 Å². The first-order chi connectivity index (χ1) is 8.15. The van der Waals surface area contributed by atoms with Crippen molar-refractivity contribution < 1.29 is 4.42 Å². The minimum absolute atomic E-state index is 0.339. The highest BCUT2D eigenvalue weighted by molar-refractivity contribution is 6.31. The fourth-order valence-corrected chi connectivity index (χ4v) is 1.96. The zero-order valence-electron chi connectivity index (χ0n) is 9.94. The Balaban J connectivity index is 2.46. The van der Waals surface area contributed by atoms with E-state index in [0.29, 0.717) is 17.3 Å². The van der Waals surface area contributed by atoms with E-state index in [1.165, 1.54) is 0 Å². The van der Waals surface area contributed by atoms with Gasteiger partial charge in [-0.15, -0.1) is 0 Å². The van der Waals surface area contributed by atoms with E-state index in [-0.39, 0.29) is 5.76 Å². The quantitative estimate of drug-likeness (QED) is 0.842. The first-order valence-electron chi connectivity index (χ1n) is 5.67. The number of oxazole rings is 1. The third-order valence-corrected chi connectivity index (χ3v) is 3.10. The molecule has 17 heavy (non-hydrogen) atoms. The van der Waals surface area contributed by atoms with Crippen molar-refractivity contribution in [2.75, 3.05) is 13.1 Å². The van der Waals surface area contributed by atoms with Crippen LogP contribution in [0.1, 0.15) is 13.8 Å². The van der Waals surface area contributed by atoms with Gasteiger partial charge >= 0.3 is 5.76 Å². The molecule has 0 aliphatic rings. The Labute approximate surface area is 104 Å². The molecule has 2 rings (SSSR count). The molecule has 0 aliphatic carbocycles. The fourth-order valence-electron chi connectivity index (χ4n) is 1.80. The van der Waals surface area contributed by atoms with Gasteiger partial charge < -0.3 is 4.42 Å². The van der Waals surface area contributed by atoms with Gasteiger partial charge in [-0.1, -0.05) is 25.4 Å². The van der Waals surface area contributed by atoms with Crippen molar-refractivity contribution in [3.8, 4) is 0 Å². The second kappa shape index (κ2) is 4.94. The lowest BCUT2D eigenvalue weighted by Gasteiger charge is -2.17. The third-order valence-electron chi connectivity index (χ3n) is 2.87. The average molecular weight is 255 g/mol. The van der Waals surface area contributed by atoms with Crippen molar-refractivity contribution in [3.05, 3.63) is 33.8 Å². The average Bonchev–Trinajstić information content (AvgIpc) is 2.61. The lowest BCUT2D eigenvalue weighted by atomic mass is 10.3. The van der Waals surface area contributed by atoms with Crippen molar-refractivity contribution in [2.45, 2.75) is 20.5 Å². The number of rotatable bonds is 4. The van der Waals surface area contributed by atoms with Crippen molar-refractivity contribution in [1.82, 2.24) is 9.47 Å². The van der Waals surface area contributed by atoms with Crippen molar-refractivity contribution >= 4 is 22.7 Å². The summed E-state index contributed by atoms with van der Waals surface area (Å²) in [4.78, 5) is 13.9. The molecule has 1 aromatic carbocycles. The van der Waals surface area contributed by atoms with Gasteiger partial charge in [0.25, 0.3) is 0 Å². The summed E-state index contributed by atoms with van der Waals surface area (Å²) in [5.74, 6) is -0.339. The van der Waals surface area contributed by atoms with Crippen LogP contribution in [0.15, 0.2) is 27.4 Å². The third kappa shape index (κ3) is 2.37. The molecule has 0 unspecified atom stereocenters. The van der Waals surface area contributed by atoms with E-state index < -0.39 is 0 Å². The zero-order chi connectivity index (χ0) is 12.4. The molecule has 1 heterocycles. The topological polar surface area (TPSA) is 38.4 Å². The predicted octanol–water partition coefficient (Wildman–Crippen LogP) is 2.55. The summed E-state index contributed by atoms with van der Waals surface area (Å²) >= 11 is 5.86. The molecule has 0 saturated carbocycles. The van der Waals surface area contributed by atoms with Gasteiger partial charge in [-0.25, -0.2) is 4.79 Å². The summed E-state index contributed by atoms with van der Waals surface area (Å²) < 4.78 is 6.79. The molecule has 0 spiro atoms. The van der Waals surface area contributed by atoms with E-state index in [1.54, 1.807) is 16.7 Å². The summed E-state index contributed by atoms with van der Waals surface area (Å²) in [6, 6.07) is 5.24. The minimum atomic E-state index is -0.339. The molecular formula is C12H15ClN2O2. The van der Waals surface area contributed by atoms with Gasteiger partial charge in [0.15, 0.2) is 5.58 Å². The molecule has 5 heteroatoms. The number of halogens is 1. The number of aromatic nitrogens is 1. The summed E-state index contributed by atoms with van der Waals surface area (Å²) in [6.07, 6.45) is 0. The lowest BCUT2D eigenvalue weighted by molar-refractivity contribution is 0.236. The number of nitrogens with zero attached hydrogens (tertiary/aromatic N) is 2. The smallest absolute Gasteiger partial charge is 0.408 e. The first-order valence-corrected chi connectivity index (χ1v) is 6.04. The largest absolute Gasteiger partial charge is 0.421 e. The van der Waals surface area contributed by atoms with Crippen LogP contribution in [0, 0.1) is 0 Å². The van der Waals surface area contributed by atoms with Crippen LogP contribution >= 0.6 is 11.6 Å². The zero-order valence-corrected chi connectivity index (χ0v) is 10.7.